The summed E-state index contributed by atoms with van der Waals surface area (Å²) in [6, 6.07) is 0. The van der Waals surface area contributed by atoms with Crippen molar-refractivity contribution in [2.75, 3.05) is 0 Å². The van der Waals surface area contributed by atoms with Gasteiger partial charge in [0.15, 0.2) is 0 Å². The van der Waals surface area contributed by atoms with Crippen molar-refractivity contribution in [1.82, 2.24) is 15.0 Å². The van der Waals surface area contributed by atoms with Crippen LogP contribution in [0.2, 0.25) is 0 Å². The summed E-state index contributed by atoms with van der Waals surface area (Å²) < 4.78 is 0. The quantitative estimate of drug-likeness (QED) is 0.497. The number of rotatable bonds is 3. The van der Waals surface area contributed by atoms with E-state index in [1.165, 1.54) is 46.3 Å². The maximum absolute atomic E-state index is 4.74. The molecule has 0 unspecified atom stereocenters. The molecule has 4 rings (SSSR count). The molecule has 6 heteroatoms. The second-order valence-corrected chi connectivity index (χ2v) is 8.72. The molecule has 3 aromatic heterocycles. The lowest BCUT2D eigenvalue weighted by Crippen LogP contribution is -1.99. The molecular formula is C16H17N3S3. The van der Waals surface area contributed by atoms with Crippen molar-refractivity contribution in [3.63, 3.8) is 0 Å². The molecule has 0 atom stereocenters. The Hall–Kier alpha value is -0.980. The minimum atomic E-state index is 0.878. The van der Waals surface area contributed by atoms with Crippen LogP contribution in [0.4, 0.5) is 0 Å². The van der Waals surface area contributed by atoms with E-state index in [0.717, 1.165) is 27.3 Å². The summed E-state index contributed by atoms with van der Waals surface area (Å²) in [7, 11) is 0. The summed E-state index contributed by atoms with van der Waals surface area (Å²) in [6.45, 7) is 4.05. The molecule has 1 aliphatic carbocycles. The number of fused-ring (bicyclic) bond motifs is 3. The Labute approximate surface area is 142 Å². The first-order chi connectivity index (χ1) is 10.7. The van der Waals surface area contributed by atoms with Crippen LogP contribution in [0.5, 0.6) is 0 Å². The number of thiophene rings is 1. The maximum atomic E-state index is 4.74. The van der Waals surface area contributed by atoms with Gasteiger partial charge in [0.25, 0.3) is 0 Å². The molecule has 0 amide bonds. The Morgan fingerprint density at radius 1 is 1.14 bits per heavy atom. The van der Waals surface area contributed by atoms with Crippen LogP contribution < -0.4 is 0 Å². The summed E-state index contributed by atoms with van der Waals surface area (Å²) in [5.74, 6) is 1.77. The summed E-state index contributed by atoms with van der Waals surface area (Å²) >= 11 is 5.40. The van der Waals surface area contributed by atoms with Crippen LogP contribution in [0.15, 0.2) is 10.4 Å². The van der Waals surface area contributed by atoms with Crippen LogP contribution in [0.3, 0.4) is 0 Å². The first-order valence-corrected chi connectivity index (χ1v) is 10.2. The smallest absolute Gasteiger partial charge is 0.128 e. The van der Waals surface area contributed by atoms with Crippen molar-refractivity contribution in [3.05, 3.63) is 32.3 Å². The molecule has 0 aromatic carbocycles. The van der Waals surface area contributed by atoms with Crippen molar-refractivity contribution in [3.8, 4) is 0 Å². The molecule has 0 aliphatic heterocycles. The summed E-state index contributed by atoms with van der Waals surface area (Å²) in [5.41, 5.74) is 2.67. The van der Waals surface area contributed by atoms with Gasteiger partial charge in [-0.25, -0.2) is 15.0 Å². The summed E-state index contributed by atoms with van der Waals surface area (Å²) in [5, 5.41) is 5.75. The number of nitrogens with zero attached hydrogens (tertiary/aromatic N) is 3. The number of aryl methyl sites for hydroxylation is 4. The standard InChI is InChI=1S/C16H17N3S3/c1-9-17-15(21-8-11-7-20-10(2)19-11)14-12-5-3-4-6-13(12)22-16(14)18-9/h7H,3-6,8H2,1-2H3. The van der Waals surface area contributed by atoms with Gasteiger partial charge in [-0.15, -0.1) is 22.7 Å². The summed E-state index contributed by atoms with van der Waals surface area (Å²) in [4.78, 5) is 16.7. The summed E-state index contributed by atoms with van der Waals surface area (Å²) in [6.07, 6.45) is 5.00. The normalized spacial score (nSPS) is 14.5. The number of thiazole rings is 1. The van der Waals surface area contributed by atoms with E-state index in [-0.39, 0.29) is 0 Å². The molecule has 0 saturated heterocycles. The monoisotopic (exact) mass is 347 g/mol. The Morgan fingerprint density at radius 2 is 2.00 bits per heavy atom. The molecule has 3 heterocycles. The zero-order valence-electron chi connectivity index (χ0n) is 12.7. The van der Waals surface area contributed by atoms with Crippen molar-refractivity contribution < 1.29 is 0 Å². The Balaban J connectivity index is 1.73. The van der Waals surface area contributed by atoms with E-state index in [2.05, 4.69) is 22.3 Å². The lowest BCUT2D eigenvalue weighted by Gasteiger charge is -2.11. The molecule has 0 N–H and O–H groups in total. The molecular weight excluding hydrogens is 330 g/mol. The molecule has 114 valence electrons. The average molecular weight is 348 g/mol. The van der Waals surface area contributed by atoms with E-state index in [0.29, 0.717) is 0 Å². The van der Waals surface area contributed by atoms with E-state index < -0.39 is 0 Å². The van der Waals surface area contributed by atoms with Gasteiger partial charge in [-0.05, 0) is 45.1 Å². The predicted octanol–water partition coefficient (Wildman–Crippen LogP) is 4.94. The number of thioether (sulfide) groups is 1. The molecule has 0 radical (unpaired) electrons. The van der Waals surface area contributed by atoms with Crippen LogP contribution >= 0.6 is 34.4 Å². The third-order valence-corrected chi connectivity index (χ3v) is 6.93. The molecule has 0 saturated carbocycles. The average Bonchev–Trinajstić information content (AvgIpc) is 3.07. The largest absolute Gasteiger partial charge is 0.246 e. The van der Waals surface area contributed by atoms with Gasteiger partial charge < -0.3 is 0 Å². The van der Waals surface area contributed by atoms with Crippen molar-refractivity contribution >= 4 is 44.7 Å². The third-order valence-electron chi connectivity index (χ3n) is 3.92. The Kier molecular flexibility index (Phi) is 3.92. The first kappa shape index (κ1) is 14.6. The van der Waals surface area contributed by atoms with E-state index >= 15 is 0 Å². The van der Waals surface area contributed by atoms with E-state index in [9.17, 15) is 0 Å². The van der Waals surface area contributed by atoms with Crippen molar-refractivity contribution in [1.29, 1.82) is 0 Å². The Bertz CT molecular complexity index is 835. The number of hydrogen-bond acceptors (Lipinski definition) is 6. The number of hydrogen-bond donors (Lipinski definition) is 0. The molecule has 0 spiro atoms. The fourth-order valence-corrected chi connectivity index (χ4v) is 6.03. The minimum absolute atomic E-state index is 0.878. The molecule has 22 heavy (non-hydrogen) atoms. The minimum Gasteiger partial charge on any atom is -0.246 e. The first-order valence-electron chi connectivity index (χ1n) is 7.53. The maximum Gasteiger partial charge on any atom is 0.128 e. The molecule has 3 aromatic rings. The van der Waals surface area contributed by atoms with Crippen LogP contribution in [-0.4, -0.2) is 15.0 Å². The van der Waals surface area contributed by atoms with Gasteiger partial charge in [-0.1, -0.05) is 11.8 Å². The fraction of sp³-hybridized carbons (Fsp3) is 0.438. The highest BCUT2D eigenvalue weighted by Gasteiger charge is 2.20. The van der Waals surface area contributed by atoms with Gasteiger partial charge in [-0.3, -0.25) is 0 Å². The predicted molar refractivity (Wildman–Crippen MR) is 95.2 cm³/mol. The highest BCUT2D eigenvalue weighted by molar-refractivity contribution is 7.98. The van der Waals surface area contributed by atoms with Crippen LogP contribution in [0, 0.1) is 13.8 Å². The molecule has 0 bridgehead atoms. The second kappa shape index (κ2) is 5.91. The lowest BCUT2D eigenvalue weighted by molar-refractivity contribution is 0.699. The third kappa shape index (κ3) is 2.68. The Morgan fingerprint density at radius 3 is 2.82 bits per heavy atom. The number of aromatic nitrogens is 3. The van der Waals surface area contributed by atoms with Crippen molar-refractivity contribution in [2.45, 2.75) is 50.3 Å². The second-order valence-electron chi connectivity index (χ2n) is 5.61. The highest BCUT2D eigenvalue weighted by atomic mass is 32.2. The van der Waals surface area contributed by atoms with Crippen LogP contribution in [0.1, 0.15) is 39.8 Å². The van der Waals surface area contributed by atoms with E-state index in [1.54, 1.807) is 11.3 Å². The van der Waals surface area contributed by atoms with Gasteiger partial charge in [0.1, 0.15) is 15.7 Å². The van der Waals surface area contributed by atoms with Crippen LogP contribution in [0.25, 0.3) is 10.2 Å². The van der Waals surface area contributed by atoms with Gasteiger partial charge >= 0.3 is 0 Å². The van der Waals surface area contributed by atoms with E-state index in [4.69, 9.17) is 4.98 Å². The van der Waals surface area contributed by atoms with Gasteiger partial charge in [0.05, 0.1) is 10.7 Å². The van der Waals surface area contributed by atoms with Crippen LogP contribution in [-0.2, 0) is 18.6 Å². The molecule has 3 nitrogen and oxygen atoms in total. The van der Waals surface area contributed by atoms with Gasteiger partial charge in [0, 0.05) is 21.4 Å². The highest BCUT2D eigenvalue weighted by Crippen LogP contribution is 2.40. The zero-order valence-corrected chi connectivity index (χ0v) is 15.1. The topological polar surface area (TPSA) is 38.7 Å². The van der Waals surface area contributed by atoms with E-state index in [1.807, 2.05) is 30.0 Å². The van der Waals surface area contributed by atoms with Crippen molar-refractivity contribution in [2.24, 2.45) is 0 Å². The van der Waals surface area contributed by atoms with Gasteiger partial charge in [-0.2, -0.15) is 0 Å². The lowest BCUT2D eigenvalue weighted by atomic mass is 9.97. The SMILES string of the molecule is Cc1nc(SCc2csc(C)n2)c2c3c(sc2n1)CCCC3. The fourth-order valence-electron chi connectivity index (χ4n) is 2.95. The van der Waals surface area contributed by atoms with Gasteiger partial charge in [0.2, 0.25) is 0 Å². The zero-order chi connectivity index (χ0) is 15.1. The molecule has 0 fully saturated rings. The molecule has 1 aliphatic rings.